The molecule has 0 radical (unpaired) electrons. The summed E-state index contributed by atoms with van der Waals surface area (Å²) in [7, 11) is 0. The first kappa shape index (κ1) is 23.5. The molecule has 0 spiro atoms. The molecule has 0 fully saturated rings. The van der Waals surface area contributed by atoms with Crippen molar-refractivity contribution in [3.8, 4) is 0 Å². The van der Waals surface area contributed by atoms with Crippen molar-refractivity contribution in [1.29, 1.82) is 0 Å². The highest BCUT2D eigenvalue weighted by Gasteiger charge is 2.56. The fourth-order valence-electron chi connectivity index (χ4n) is 5.65. The van der Waals surface area contributed by atoms with E-state index >= 15 is 0 Å². The lowest BCUT2D eigenvalue weighted by atomic mass is 9.77. The molecule has 0 heterocycles. The lowest BCUT2D eigenvalue weighted by molar-refractivity contribution is -0.155. The second-order valence-electron chi connectivity index (χ2n) is 11.2. The van der Waals surface area contributed by atoms with E-state index in [1.165, 1.54) is 0 Å². The molecule has 2 bridgehead atoms. The Bertz CT molecular complexity index is 997. The zero-order valence-electron chi connectivity index (χ0n) is 21.1. The van der Waals surface area contributed by atoms with Crippen LogP contribution < -0.4 is 0 Å². The minimum atomic E-state index is -0.762. The van der Waals surface area contributed by atoms with Gasteiger partial charge in [0.2, 0.25) is 0 Å². The highest BCUT2D eigenvalue weighted by Crippen LogP contribution is 2.57. The third kappa shape index (κ3) is 3.78. The van der Waals surface area contributed by atoms with E-state index in [1.807, 2.05) is 78.0 Å². The van der Waals surface area contributed by atoms with Crippen molar-refractivity contribution in [2.75, 3.05) is 0 Å². The van der Waals surface area contributed by atoms with Crippen LogP contribution in [0.4, 0.5) is 0 Å². The van der Waals surface area contributed by atoms with Crippen LogP contribution in [0.5, 0.6) is 0 Å². The van der Waals surface area contributed by atoms with Gasteiger partial charge in [-0.1, -0.05) is 75.3 Å². The highest BCUT2D eigenvalue weighted by atomic mass is 16.6. The summed E-state index contributed by atoms with van der Waals surface area (Å²) in [4.78, 5) is 27.3. The van der Waals surface area contributed by atoms with E-state index in [4.69, 9.17) is 9.47 Å². The molecule has 0 saturated heterocycles. The first-order valence-corrected chi connectivity index (χ1v) is 11.9. The molecule has 4 nitrogen and oxygen atoms in total. The molecule has 0 N–H and O–H groups in total. The maximum atomic E-state index is 13.7. The van der Waals surface area contributed by atoms with E-state index in [-0.39, 0.29) is 29.1 Å². The van der Waals surface area contributed by atoms with E-state index in [1.54, 1.807) is 0 Å². The zero-order valence-corrected chi connectivity index (χ0v) is 21.1. The van der Waals surface area contributed by atoms with E-state index in [0.717, 1.165) is 11.1 Å². The van der Waals surface area contributed by atoms with Gasteiger partial charge >= 0.3 is 11.9 Å². The summed E-state index contributed by atoms with van der Waals surface area (Å²) in [5, 5.41) is 0. The molecule has 6 unspecified atom stereocenters. The molecule has 4 rings (SSSR count). The Balaban J connectivity index is 1.69. The van der Waals surface area contributed by atoms with Crippen molar-refractivity contribution in [2.45, 2.75) is 66.6 Å². The van der Waals surface area contributed by atoms with Gasteiger partial charge in [0.25, 0.3) is 0 Å². The first-order chi connectivity index (χ1) is 15.3. The summed E-state index contributed by atoms with van der Waals surface area (Å²) in [6.07, 6.45) is 16.3. The van der Waals surface area contributed by atoms with Gasteiger partial charge in [-0.3, -0.25) is 0 Å². The number of fused-ring (bicyclic) bond motifs is 2. The summed E-state index contributed by atoms with van der Waals surface area (Å²) in [6.45, 7) is 16.1. The normalized spacial score (nSPS) is 38.3. The minimum Gasteiger partial charge on any atom is -0.451 e. The number of hydrogen-bond donors (Lipinski definition) is 0. The number of allylic oxidation sites excluding steroid dienone is 6. The first-order valence-electron chi connectivity index (χ1n) is 11.9. The second kappa shape index (κ2) is 7.72. The van der Waals surface area contributed by atoms with Gasteiger partial charge in [-0.05, 0) is 45.3 Å². The van der Waals surface area contributed by atoms with Crippen LogP contribution >= 0.6 is 0 Å². The largest absolute Gasteiger partial charge is 0.451 e. The van der Waals surface area contributed by atoms with Crippen molar-refractivity contribution in [3.63, 3.8) is 0 Å². The molecule has 0 saturated carbocycles. The van der Waals surface area contributed by atoms with Crippen LogP contribution in [0.25, 0.3) is 0 Å². The third-order valence-electron chi connectivity index (χ3n) is 8.21. The lowest BCUT2D eigenvalue weighted by Gasteiger charge is -2.35. The molecule has 0 amide bonds. The Labute approximate surface area is 197 Å². The third-order valence-corrected chi connectivity index (χ3v) is 8.21. The molecular weight excluding hydrogens is 412 g/mol. The Morgan fingerprint density at radius 3 is 1.42 bits per heavy atom. The number of ether oxygens (including phenoxy) is 2. The van der Waals surface area contributed by atoms with E-state index in [2.05, 4.69) is 26.0 Å². The minimum absolute atomic E-state index is 0.0326. The molecule has 0 aliphatic heterocycles. The van der Waals surface area contributed by atoms with Crippen LogP contribution in [-0.2, 0) is 19.1 Å². The summed E-state index contributed by atoms with van der Waals surface area (Å²) in [6, 6.07) is 0. The Kier molecular flexibility index (Phi) is 5.50. The fraction of sp³-hybridized carbons (Fsp3) is 0.517. The molecule has 4 aliphatic rings. The molecule has 33 heavy (non-hydrogen) atoms. The Hall–Kier alpha value is -2.62. The predicted molar refractivity (Wildman–Crippen MR) is 130 cm³/mol. The number of carbonyl (C=O) groups is 2. The molecular formula is C29H36O4. The molecule has 4 heteroatoms. The molecule has 0 aromatic carbocycles. The summed E-state index contributed by atoms with van der Waals surface area (Å²) >= 11 is 0. The van der Waals surface area contributed by atoms with Gasteiger partial charge in [0.15, 0.2) is 0 Å². The van der Waals surface area contributed by atoms with Gasteiger partial charge in [-0.2, -0.15) is 0 Å². The van der Waals surface area contributed by atoms with Gasteiger partial charge in [-0.15, -0.1) is 0 Å². The van der Waals surface area contributed by atoms with Crippen LogP contribution in [0, 0.1) is 29.1 Å². The van der Waals surface area contributed by atoms with Crippen LogP contribution in [0.2, 0.25) is 0 Å². The molecule has 6 atom stereocenters. The van der Waals surface area contributed by atoms with E-state index < -0.39 is 23.1 Å². The van der Waals surface area contributed by atoms with Crippen molar-refractivity contribution in [1.82, 2.24) is 0 Å². The zero-order chi connectivity index (χ0) is 24.3. The maximum Gasteiger partial charge on any atom is 0.336 e. The summed E-state index contributed by atoms with van der Waals surface area (Å²) in [5.74, 6) is -1.12. The van der Waals surface area contributed by atoms with Crippen LogP contribution in [0.15, 0.2) is 70.9 Å². The van der Waals surface area contributed by atoms with Crippen molar-refractivity contribution in [2.24, 2.45) is 29.1 Å². The second-order valence-corrected chi connectivity index (χ2v) is 11.2. The quantitative estimate of drug-likeness (QED) is 0.389. The SMILES string of the molecule is CC1=CC(C)(OC(=O)C2=C(C(=O)OC3(C)C=C(C)C=CC3C)C3C=CC2C3(C)C)C(C)C=C1. The molecule has 4 aliphatic carbocycles. The van der Waals surface area contributed by atoms with Crippen molar-refractivity contribution >= 4 is 11.9 Å². The average molecular weight is 449 g/mol. The summed E-state index contributed by atoms with van der Waals surface area (Å²) in [5.41, 5.74) is 1.21. The molecule has 0 aromatic heterocycles. The van der Waals surface area contributed by atoms with Gasteiger partial charge in [0.05, 0.1) is 11.1 Å². The lowest BCUT2D eigenvalue weighted by Crippen LogP contribution is -2.40. The van der Waals surface area contributed by atoms with Gasteiger partial charge < -0.3 is 9.47 Å². The smallest absolute Gasteiger partial charge is 0.336 e. The van der Waals surface area contributed by atoms with E-state index in [9.17, 15) is 9.59 Å². The number of carbonyl (C=O) groups excluding carboxylic acids is 2. The Morgan fingerprint density at radius 1 is 0.697 bits per heavy atom. The number of rotatable bonds is 4. The Morgan fingerprint density at radius 2 is 1.06 bits per heavy atom. The predicted octanol–water partition coefficient (Wildman–Crippen LogP) is 6.03. The molecule has 176 valence electrons. The van der Waals surface area contributed by atoms with Gasteiger partial charge in [0, 0.05) is 23.7 Å². The number of hydrogen-bond acceptors (Lipinski definition) is 4. The standard InChI is InChI=1S/C29H36O4/c1-17-9-11-19(3)28(7,15-17)32-25(30)23-21-13-14-22(27(21,5)6)24(23)26(31)33-29(8)16-18(2)10-12-20(29)4/h9-16,19-22H,1-8H3. The van der Waals surface area contributed by atoms with Crippen molar-refractivity contribution < 1.29 is 19.1 Å². The van der Waals surface area contributed by atoms with Crippen LogP contribution in [0.3, 0.4) is 0 Å². The van der Waals surface area contributed by atoms with Crippen LogP contribution in [0.1, 0.15) is 55.4 Å². The highest BCUT2D eigenvalue weighted by molar-refractivity contribution is 6.04. The fourth-order valence-corrected chi connectivity index (χ4v) is 5.65. The monoisotopic (exact) mass is 448 g/mol. The van der Waals surface area contributed by atoms with Crippen molar-refractivity contribution in [3.05, 3.63) is 70.9 Å². The maximum absolute atomic E-state index is 13.7. The number of esters is 2. The van der Waals surface area contributed by atoms with Gasteiger partial charge in [0.1, 0.15) is 11.2 Å². The van der Waals surface area contributed by atoms with E-state index in [0.29, 0.717) is 11.1 Å². The van der Waals surface area contributed by atoms with Gasteiger partial charge in [-0.25, -0.2) is 9.59 Å². The van der Waals surface area contributed by atoms with Crippen LogP contribution in [-0.4, -0.2) is 23.1 Å². The average Bonchev–Trinajstić information content (AvgIpc) is 3.13. The molecule has 0 aromatic rings. The topological polar surface area (TPSA) is 52.6 Å². The summed E-state index contributed by atoms with van der Waals surface area (Å²) < 4.78 is 12.3.